The molecule has 0 bridgehead atoms. The average Bonchev–Trinajstić information content (AvgIpc) is 2.98. The first kappa shape index (κ1) is 16.6. The van der Waals surface area contributed by atoms with E-state index in [0.29, 0.717) is 17.2 Å². The van der Waals surface area contributed by atoms with Crippen molar-refractivity contribution in [2.24, 2.45) is 0 Å². The molecule has 0 fully saturated rings. The van der Waals surface area contributed by atoms with Crippen LogP contribution in [-0.4, -0.2) is 40.1 Å². The first-order valence-corrected chi connectivity index (χ1v) is 7.43. The summed E-state index contributed by atoms with van der Waals surface area (Å²) in [7, 11) is 2.75. The summed E-state index contributed by atoms with van der Waals surface area (Å²) >= 11 is 1.23. The zero-order chi connectivity index (χ0) is 16.8. The Bertz CT molecular complexity index is 709. The molecule has 0 atom stereocenters. The van der Waals surface area contributed by atoms with Crippen LogP contribution in [0.25, 0.3) is 5.57 Å². The lowest BCUT2D eigenvalue weighted by Gasteiger charge is -2.06. The van der Waals surface area contributed by atoms with Crippen LogP contribution >= 0.6 is 11.3 Å². The summed E-state index contributed by atoms with van der Waals surface area (Å²) in [5.74, 6) is -0.660. The van der Waals surface area contributed by atoms with Crippen LogP contribution in [0, 0.1) is 0 Å². The molecule has 9 nitrogen and oxygen atoms in total. The Kier molecular flexibility index (Phi) is 5.41. The average molecular weight is 337 g/mol. The molecule has 0 aliphatic carbocycles. The van der Waals surface area contributed by atoms with Crippen molar-refractivity contribution in [1.29, 1.82) is 0 Å². The number of carbonyl (C=O) groups is 1. The van der Waals surface area contributed by atoms with Crippen molar-refractivity contribution in [3.63, 3.8) is 0 Å². The number of nitrogens with two attached hydrogens (primary N) is 1. The molecule has 2 aromatic rings. The van der Waals surface area contributed by atoms with Crippen molar-refractivity contribution in [1.82, 2.24) is 19.9 Å². The molecule has 2 rings (SSSR count). The van der Waals surface area contributed by atoms with Gasteiger partial charge < -0.3 is 19.9 Å². The largest absolute Gasteiger partial charge is 0.467 e. The molecule has 2 N–H and O–H groups in total. The number of allylic oxidation sites excluding steroid dienone is 1. The predicted octanol–water partition coefficient (Wildman–Crippen LogP) is 1.33. The number of ether oxygens (including phenoxy) is 3. The highest BCUT2D eigenvalue weighted by Crippen LogP contribution is 2.22. The molecule has 10 heteroatoms. The van der Waals surface area contributed by atoms with Crippen molar-refractivity contribution in [3.05, 3.63) is 17.2 Å². The second-order valence-corrected chi connectivity index (χ2v) is 4.97. The number of aromatic nitrogens is 4. The van der Waals surface area contributed by atoms with Crippen LogP contribution in [-0.2, 0) is 4.79 Å². The molecule has 2 aromatic heterocycles. The van der Waals surface area contributed by atoms with Crippen molar-refractivity contribution in [2.45, 2.75) is 13.3 Å². The quantitative estimate of drug-likeness (QED) is 0.614. The first-order chi connectivity index (χ1) is 11.1. The summed E-state index contributed by atoms with van der Waals surface area (Å²) in [6.45, 7) is 1.89. The van der Waals surface area contributed by atoms with Crippen molar-refractivity contribution in [2.75, 3.05) is 20.0 Å². The molecule has 0 amide bonds. The maximum Gasteiger partial charge on any atom is 0.347 e. The van der Waals surface area contributed by atoms with Gasteiger partial charge in [-0.15, -0.1) is 26.3 Å². The standard InChI is InChI=1S/C13H15N5O4S/c1-4-5-7(8-6-23-10(14)15-8)9(19)22-13-17-11(20-2)16-12(18-13)21-3/h5-6H,4H2,1-3H3,(H2,14,15). The maximum absolute atomic E-state index is 12.4. The third-order valence-corrected chi connectivity index (χ3v) is 3.22. The highest BCUT2D eigenvalue weighted by molar-refractivity contribution is 7.13. The normalized spacial score (nSPS) is 11.2. The van der Waals surface area contributed by atoms with Crippen LogP contribution in [0.5, 0.6) is 18.0 Å². The number of nitrogens with zero attached hydrogens (tertiary/aromatic N) is 4. The molecule has 122 valence electrons. The molecule has 0 unspecified atom stereocenters. The third kappa shape index (κ3) is 4.13. The van der Waals surface area contributed by atoms with E-state index in [2.05, 4.69) is 19.9 Å². The van der Waals surface area contributed by atoms with E-state index in [9.17, 15) is 4.79 Å². The molecule has 0 aliphatic rings. The lowest BCUT2D eigenvalue weighted by Crippen LogP contribution is -2.14. The minimum atomic E-state index is -0.660. The second-order valence-electron chi connectivity index (χ2n) is 4.08. The van der Waals surface area contributed by atoms with Crippen molar-refractivity contribution < 1.29 is 19.0 Å². The lowest BCUT2D eigenvalue weighted by molar-refractivity contribution is -0.128. The van der Waals surface area contributed by atoms with Crippen LogP contribution in [0.4, 0.5) is 5.13 Å². The number of methoxy groups -OCH3 is 2. The molecule has 0 aliphatic heterocycles. The van der Waals surface area contributed by atoms with Gasteiger partial charge in [0.05, 0.1) is 25.5 Å². The Morgan fingerprint density at radius 2 is 1.78 bits per heavy atom. The topological polar surface area (TPSA) is 122 Å². The van der Waals surface area contributed by atoms with Gasteiger partial charge in [0.15, 0.2) is 5.13 Å². The van der Waals surface area contributed by atoms with Gasteiger partial charge in [-0.3, -0.25) is 0 Å². The smallest absolute Gasteiger partial charge is 0.347 e. The van der Waals surface area contributed by atoms with E-state index in [-0.39, 0.29) is 23.6 Å². The van der Waals surface area contributed by atoms with Gasteiger partial charge in [-0.25, -0.2) is 9.78 Å². The number of hydrogen-bond donors (Lipinski definition) is 1. The molecule has 23 heavy (non-hydrogen) atoms. The molecule has 0 aromatic carbocycles. The first-order valence-electron chi connectivity index (χ1n) is 6.55. The van der Waals surface area contributed by atoms with E-state index in [1.807, 2.05) is 6.92 Å². The summed E-state index contributed by atoms with van der Waals surface area (Å²) in [5.41, 5.74) is 6.32. The molecule has 2 heterocycles. The van der Waals surface area contributed by atoms with Crippen molar-refractivity contribution >= 4 is 28.0 Å². The molecule has 0 saturated heterocycles. The van der Waals surface area contributed by atoms with Gasteiger partial charge in [-0.1, -0.05) is 13.0 Å². The fraction of sp³-hybridized carbons (Fsp3) is 0.308. The summed E-state index contributed by atoms with van der Waals surface area (Å²) in [5, 5.41) is 2.03. The lowest BCUT2D eigenvalue weighted by atomic mass is 10.2. The number of nitrogen functional groups attached to an aromatic ring is 1. The van der Waals surface area contributed by atoms with Gasteiger partial charge in [0.1, 0.15) is 0 Å². The Labute approximate surface area is 136 Å². The van der Waals surface area contributed by atoms with E-state index in [4.69, 9.17) is 19.9 Å². The van der Waals surface area contributed by atoms with Gasteiger partial charge in [-0.05, 0) is 6.42 Å². The Morgan fingerprint density at radius 3 is 2.26 bits per heavy atom. The van der Waals surface area contributed by atoms with Crippen LogP contribution in [0.2, 0.25) is 0 Å². The number of rotatable bonds is 6. The van der Waals surface area contributed by atoms with Crippen LogP contribution in [0.15, 0.2) is 11.5 Å². The summed E-state index contributed by atoms with van der Waals surface area (Å²) in [4.78, 5) is 28.0. The third-order valence-electron chi connectivity index (χ3n) is 2.55. The van der Waals surface area contributed by atoms with Crippen molar-refractivity contribution in [3.8, 4) is 18.0 Å². The monoisotopic (exact) mass is 337 g/mol. The van der Waals surface area contributed by atoms with E-state index in [1.54, 1.807) is 11.5 Å². The molecule has 0 saturated carbocycles. The summed E-state index contributed by atoms with van der Waals surface area (Å²) in [6, 6.07) is -0.291. The fourth-order valence-corrected chi connectivity index (χ4v) is 2.16. The van der Waals surface area contributed by atoms with Gasteiger partial charge in [0.25, 0.3) is 0 Å². The Morgan fingerprint density at radius 1 is 1.17 bits per heavy atom. The van der Waals surface area contributed by atoms with Crippen LogP contribution < -0.4 is 19.9 Å². The minimum Gasteiger partial charge on any atom is -0.467 e. The zero-order valence-electron chi connectivity index (χ0n) is 12.8. The maximum atomic E-state index is 12.4. The van der Waals surface area contributed by atoms with Gasteiger partial charge in [-0.2, -0.15) is 0 Å². The summed E-state index contributed by atoms with van der Waals surface area (Å²) < 4.78 is 15.0. The van der Waals surface area contributed by atoms with Crippen LogP contribution in [0.3, 0.4) is 0 Å². The van der Waals surface area contributed by atoms with E-state index in [1.165, 1.54) is 25.6 Å². The van der Waals surface area contributed by atoms with Gasteiger partial charge in [0.2, 0.25) is 0 Å². The van der Waals surface area contributed by atoms with Gasteiger partial charge in [0, 0.05) is 5.38 Å². The number of anilines is 1. The van der Waals surface area contributed by atoms with Gasteiger partial charge >= 0.3 is 24.0 Å². The Hall–Kier alpha value is -2.75. The summed E-state index contributed by atoms with van der Waals surface area (Å²) in [6.07, 6.45) is 2.30. The highest BCUT2D eigenvalue weighted by Gasteiger charge is 2.19. The molecule has 0 spiro atoms. The highest BCUT2D eigenvalue weighted by atomic mass is 32.1. The number of hydrogen-bond acceptors (Lipinski definition) is 10. The second kappa shape index (κ2) is 7.49. The van der Waals surface area contributed by atoms with E-state index in [0.717, 1.165) is 0 Å². The number of thiazole rings is 1. The van der Waals surface area contributed by atoms with Crippen LogP contribution in [0.1, 0.15) is 19.0 Å². The van der Waals surface area contributed by atoms with E-state index >= 15 is 0 Å². The molecular weight excluding hydrogens is 322 g/mol. The number of carbonyl (C=O) groups excluding carboxylic acids is 1. The van der Waals surface area contributed by atoms with E-state index < -0.39 is 5.97 Å². The number of esters is 1. The fourth-order valence-electron chi connectivity index (χ4n) is 1.59. The minimum absolute atomic E-state index is 0.0291. The SMILES string of the molecule is CCC=C(C(=O)Oc1nc(OC)nc(OC)n1)c1csc(N)n1. The Balaban J connectivity index is 2.27. The predicted molar refractivity (Wildman–Crippen MR) is 83.4 cm³/mol. The molecule has 0 radical (unpaired) electrons. The molecular formula is C13H15N5O4S. The zero-order valence-corrected chi connectivity index (χ0v) is 13.6.